The van der Waals surface area contributed by atoms with Crippen LogP contribution in [-0.2, 0) is 13.0 Å². The van der Waals surface area contributed by atoms with Gasteiger partial charge in [0, 0.05) is 30.9 Å². The molecule has 0 aliphatic rings. The molecule has 2 aromatic rings. The van der Waals surface area contributed by atoms with E-state index in [1.54, 1.807) is 12.5 Å². The summed E-state index contributed by atoms with van der Waals surface area (Å²) in [6.07, 6.45) is 6.37. The predicted molar refractivity (Wildman–Crippen MR) is 72.5 cm³/mol. The molecule has 2 heterocycles. The van der Waals surface area contributed by atoms with Crippen LogP contribution >= 0.6 is 0 Å². The van der Waals surface area contributed by atoms with E-state index in [1.807, 2.05) is 22.9 Å². The normalized spacial score (nSPS) is 10.3. The lowest BCUT2D eigenvalue weighted by Crippen LogP contribution is -2.16. The average Bonchev–Trinajstić information content (AvgIpc) is 2.87. The zero-order valence-corrected chi connectivity index (χ0v) is 11.0. The first-order valence-corrected chi connectivity index (χ1v) is 6.39. The zero-order chi connectivity index (χ0) is 13.5. The Morgan fingerprint density at radius 1 is 1.42 bits per heavy atom. The molecule has 0 atom stereocenters. The fraction of sp³-hybridized carbons (Fsp3) is 0.357. The van der Waals surface area contributed by atoms with Crippen molar-refractivity contribution >= 4 is 0 Å². The summed E-state index contributed by atoms with van der Waals surface area (Å²) in [5.41, 5.74) is 2.45. The quantitative estimate of drug-likeness (QED) is 0.791. The topological polar surface area (TPSA) is 66.5 Å². The van der Waals surface area contributed by atoms with Gasteiger partial charge < -0.3 is 9.88 Å². The molecule has 0 aliphatic heterocycles. The molecular formula is C14H17N5. The SMILES string of the molecule is CCNCCc1cn(Cc2cccnc2C#N)cn1. The molecule has 5 nitrogen and oxygen atoms in total. The summed E-state index contributed by atoms with van der Waals surface area (Å²) in [5, 5.41) is 12.3. The molecule has 0 amide bonds. The molecule has 1 N–H and O–H groups in total. The number of pyridine rings is 1. The second-order valence-electron chi connectivity index (χ2n) is 4.26. The van der Waals surface area contributed by atoms with Gasteiger partial charge in [-0.1, -0.05) is 13.0 Å². The summed E-state index contributed by atoms with van der Waals surface area (Å²) in [6.45, 7) is 4.63. The van der Waals surface area contributed by atoms with Crippen LogP contribution in [0, 0.1) is 11.3 Å². The maximum Gasteiger partial charge on any atom is 0.145 e. The number of aromatic nitrogens is 3. The van der Waals surface area contributed by atoms with Gasteiger partial charge in [0.1, 0.15) is 11.8 Å². The molecule has 0 aromatic carbocycles. The summed E-state index contributed by atoms with van der Waals surface area (Å²) in [7, 11) is 0. The van der Waals surface area contributed by atoms with Gasteiger partial charge in [0.2, 0.25) is 0 Å². The minimum Gasteiger partial charge on any atom is -0.333 e. The van der Waals surface area contributed by atoms with Gasteiger partial charge in [0.15, 0.2) is 0 Å². The summed E-state index contributed by atoms with van der Waals surface area (Å²) < 4.78 is 1.99. The van der Waals surface area contributed by atoms with Gasteiger partial charge in [-0.25, -0.2) is 9.97 Å². The minimum atomic E-state index is 0.477. The van der Waals surface area contributed by atoms with E-state index in [-0.39, 0.29) is 0 Å². The monoisotopic (exact) mass is 255 g/mol. The number of imidazole rings is 1. The van der Waals surface area contributed by atoms with E-state index >= 15 is 0 Å². The maximum atomic E-state index is 9.00. The highest BCUT2D eigenvalue weighted by atomic mass is 15.0. The second-order valence-corrected chi connectivity index (χ2v) is 4.26. The Labute approximate surface area is 112 Å². The van der Waals surface area contributed by atoms with Crippen molar-refractivity contribution in [2.75, 3.05) is 13.1 Å². The Morgan fingerprint density at radius 2 is 2.32 bits per heavy atom. The first-order chi connectivity index (χ1) is 9.33. The highest BCUT2D eigenvalue weighted by molar-refractivity contribution is 5.30. The smallest absolute Gasteiger partial charge is 0.145 e. The van der Waals surface area contributed by atoms with Crippen molar-refractivity contribution < 1.29 is 0 Å². The highest BCUT2D eigenvalue weighted by Crippen LogP contribution is 2.07. The number of hydrogen-bond donors (Lipinski definition) is 1. The number of nitrogens with one attached hydrogen (secondary N) is 1. The predicted octanol–water partition coefficient (Wildman–Crippen LogP) is 1.35. The Bertz CT molecular complexity index is 567. The van der Waals surface area contributed by atoms with E-state index in [0.717, 1.165) is 30.8 Å². The van der Waals surface area contributed by atoms with Crippen molar-refractivity contribution in [3.05, 3.63) is 47.8 Å². The lowest BCUT2D eigenvalue weighted by atomic mass is 10.2. The molecule has 0 aliphatic carbocycles. The first-order valence-electron chi connectivity index (χ1n) is 6.39. The lowest BCUT2D eigenvalue weighted by Gasteiger charge is -2.03. The second kappa shape index (κ2) is 6.66. The zero-order valence-electron chi connectivity index (χ0n) is 11.0. The minimum absolute atomic E-state index is 0.477. The molecule has 0 bridgehead atoms. The van der Waals surface area contributed by atoms with E-state index < -0.39 is 0 Å². The van der Waals surface area contributed by atoms with Gasteiger partial charge in [-0.05, 0) is 12.6 Å². The van der Waals surface area contributed by atoms with Crippen molar-refractivity contribution in [3.63, 3.8) is 0 Å². The third-order valence-electron chi connectivity index (χ3n) is 2.84. The van der Waals surface area contributed by atoms with Gasteiger partial charge in [0.25, 0.3) is 0 Å². The van der Waals surface area contributed by atoms with Crippen LogP contribution in [0.3, 0.4) is 0 Å². The van der Waals surface area contributed by atoms with Crippen LogP contribution in [-0.4, -0.2) is 27.6 Å². The van der Waals surface area contributed by atoms with Crippen molar-refractivity contribution in [1.82, 2.24) is 19.9 Å². The number of nitrogens with zero attached hydrogens (tertiary/aromatic N) is 4. The summed E-state index contributed by atoms with van der Waals surface area (Å²) in [4.78, 5) is 8.42. The largest absolute Gasteiger partial charge is 0.333 e. The Morgan fingerprint density at radius 3 is 3.11 bits per heavy atom. The molecule has 0 fully saturated rings. The van der Waals surface area contributed by atoms with Gasteiger partial charge in [-0.2, -0.15) is 5.26 Å². The van der Waals surface area contributed by atoms with Crippen LogP contribution in [0.5, 0.6) is 0 Å². The standard InChI is InChI=1S/C14H17N5/c1-2-16-7-5-13-10-19(11-18-13)9-12-4-3-6-17-14(12)8-15/h3-4,6,10-11,16H,2,5,7,9H2,1H3. The molecular weight excluding hydrogens is 238 g/mol. The number of hydrogen-bond acceptors (Lipinski definition) is 4. The summed E-state index contributed by atoms with van der Waals surface area (Å²) >= 11 is 0. The molecule has 0 radical (unpaired) electrons. The molecule has 0 unspecified atom stereocenters. The third kappa shape index (κ3) is 3.63. The Balaban J connectivity index is 2.02. The van der Waals surface area contributed by atoms with E-state index in [0.29, 0.717) is 12.2 Å². The highest BCUT2D eigenvalue weighted by Gasteiger charge is 2.04. The molecule has 0 saturated heterocycles. The number of likely N-dealkylation sites (N-methyl/N-ethyl adjacent to an activating group) is 1. The maximum absolute atomic E-state index is 9.00. The molecule has 98 valence electrons. The van der Waals surface area contributed by atoms with Crippen molar-refractivity contribution in [1.29, 1.82) is 5.26 Å². The first kappa shape index (κ1) is 13.2. The van der Waals surface area contributed by atoms with Gasteiger partial charge in [-0.15, -0.1) is 0 Å². The fourth-order valence-corrected chi connectivity index (χ4v) is 1.88. The molecule has 0 saturated carbocycles. The van der Waals surface area contributed by atoms with Crippen LogP contribution in [0.15, 0.2) is 30.9 Å². The average molecular weight is 255 g/mol. The molecule has 2 rings (SSSR count). The molecule has 5 heteroatoms. The van der Waals surface area contributed by atoms with Crippen LogP contribution in [0.4, 0.5) is 0 Å². The van der Waals surface area contributed by atoms with Crippen LogP contribution in [0.2, 0.25) is 0 Å². The third-order valence-corrected chi connectivity index (χ3v) is 2.84. The Hall–Kier alpha value is -2.19. The van der Waals surface area contributed by atoms with Crippen LogP contribution < -0.4 is 5.32 Å². The van der Waals surface area contributed by atoms with Gasteiger partial charge >= 0.3 is 0 Å². The van der Waals surface area contributed by atoms with Crippen molar-refractivity contribution in [3.8, 4) is 6.07 Å². The van der Waals surface area contributed by atoms with E-state index in [2.05, 4.69) is 28.3 Å². The van der Waals surface area contributed by atoms with Crippen molar-refractivity contribution in [2.24, 2.45) is 0 Å². The van der Waals surface area contributed by atoms with Gasteiger partial charge in [-0.3, -0.25) is 0 Å². The van der Waals surface area contributed by atoms with Crippen LogP contribution in [0.1, 0.15) is 23.9 Å². The number of rotatable bonds is 6. The molecule has 19 heavy (non-hydrogen) atoms. The fourth-order valence-electron chi connectivity index (χ4n) is 1.88. The summed E-state index contributed by atoms with van der Waals surface area (Å²) in [5.74, 6) is 0. The Kier molecular flexibility index (Phi) is 4.65. The van der Waals surface area contributed by atoms with E-state index in [1.165, 1.54) is 0 Å². The summed E-state index contributed by atoms with van der Waals surface area (Å²) in [6, 6.07) is 5.88. The number of nitriles is 1. The molecule has 0 spiro atoms. The van der Waals surface area contributed by atoms with Crippen LogP contribution in [0.25, 0.3) is 0 Å². The van der Waals surface area contributed by atoms with E-state index in [9.17, 15) is 0 Å². The lowest BCUT2D eigenvalue weighted by molar-refractivity contribution is 0.708. The van der Waals surface area contributed by atoms with Gasteiger partial charge in [0.05, 0.1) is 18.6 Å². The molecule has 2 aromatic heterocycles. The van der Waals surface area contributed by atoms with Crippen molar-refractivity contribution in [2.45, 2.75) is 19.9 Å². The van der Waals surface area contributed by atoms with E-state index in [4.69, 9.17) is 5.26 Å².